The van der Waals surface area contributed by atoms with Gasteiger partial charge in [0.05, 0.1) is 25.8 Å². The molecule has 154 valence electrons. The van der Waals surface area contributed by atoms with Gasteiger partial charge in [0, 0.05) is 30.5 Å². The number of benzene rings is 2. The number of rotatable bonds is 7. The molecule has 2 aromatic rings. The Labute approximate surface area is 180 Å². The highest BCUT2D eigenvalue weighted by atomic mass is 79.9. The van der Waals surface area contributed by atoms with Gasteiger partial charge in [-0.25, -0.2) is 4.79 Å². The number of amides is 1. The van der Waals surface area contributed by atoms with Crippen LogP contribution in [0.3, 0.4) is 0 Å². The summed E-state index contributed by atoms with van der Waals surface area (Å²) in [4.78, 5) is 17.1. The molecule has 2 saturated heterocycles. The van der Waals surface area contributed by atoms with E-state index in [1.165, 1.54) is 5.56 Å². The molecule has 0 N–H and O–H groups in total. The van der Waals surface area contributed by atoms with Crippen molar-refractivity contribution in [2.45, 2.75) is 25.0 Å². The summed E-state index contributed by atoms with van der Waals surface area (Å²) in [6, 6.07) is 18.5. The van der Waals surface area contributed by atoms with Gasteiger partial charge in [0.1, 0.15) is 6.10 Å². The van der Waals surface area contributed by atoms with E-state index >= 15 is 0 Å². The number of ether oxygens (including phenoxy) is 2. The number of carbonyl (C=O) groups excluding carboxylic acids is 1. The summed E-state index contributed by atoms with van der Waals surface area (Å²) in [6.45, 7) is 5.04. The van der Waals surface area contributed by atoms with Crippen molar-refractivity contribution < 1.29 is 14.3 Å². The molecule has 2 fully saturated rings. The first-order valence-corrected chi connectivity index (χ1v) is 11.1. The van der Waals surface area contributed by atoms with Crippen molar-refractivity contribution in [2.24, 2.45) is 0 Å². The molecule has 0 saturated carbocycles. The average Bonchev–Trinajstić information content (AvgIpc) is 3.11. The van der Waals surface area contributed by atoms with Crippen LogP contribution in [0.25, 0.3) is 0 Å². The van der Waals surface area contributed by atoms with Gasteiger partial charge >= 0.3 is 6.09 Å². The van der Waals surface area contributed by atoms with Gasteiger partial charge < -0.3 is 9.47 Å². The molecule has 2 atom stereocenters. The van der Waals surface area contributed by atoms with Crippen LogP contribution in [0.4, 0.5) is 4.79 Å². The molecule has 0 aliphatic carbocycles. The Balaban J connectivity index is 1.46. The average molecular weight is 459 g/mol. The Morgan fingerprint density at radius 1 is 1.03 bits per heavy atom. The lowest BCUT2D eigenvalue weighted by Gasteiger charge is -2.31. The SMILES string of the molecule is O=C1OC(Cc2ccccc2Br)CN1C(CCN1CCOCC1)c1ccccc1. The standard InChI is InChI=1S/C23H27BrN2O3/c24-21-9-5-4-8-19(21)16-20-17-26(23(27)29-20)22(18-6-2-1-3-7-18)10-11-25-12-14-28-15-13-25/h1-9,20,22H,10-17H2. The van der Waals surface area contributed by atoms with Gasteiger partial charge in [-0.2, -0.15) is 0 Å². The maximum Gasteiger partial charge on any atom is 0.410 e. The van der Waals surface area contributed by atoms with E-state index in [1.807, 2.05) is 41.3 Å². The van der Waals surface area contributed by atoms with Gasteiger partial charge in [-0.05, 0) is 23.6 Å². The van der Waals surface area contributed by atoms with Gasteiger partial charge in [0.25, 0.3) is 0 Å². The van der Waals surface area contributed by atoms with Gasteiger partial charge in [-0.1, -0.05) is 64.5 Å². The molecule has 2 aliphatic rings. The van der Waals surface area contributed by atoms with E-state index in [4.69, 9.17) is 9.47 Å². The second kappa shape index (κ2) is 9.74. The summed E-state index contributed by atoms with van der Waals surface area (Å²) < 4.78 is 12.3. The minimum atomic E-state index is -0.210. The number of hydrogen-bond donors (Lipinski definition) is 0. The first-order valence-electron chi connectivity index (χ1n) is 10.3. The van der Waals surface area contributed by atoms with Crippen molar-refractivity contribution >= 4 is 22.0 Å². The first kappa shape index (κ1) is 20.4. The van der Waals surface area contributed by atoms with Crippen LogP contribution in [-0.2, 0) is 15.9 Å². The van der Waals surface area contributed by atoms with E-state index < -0.39 is 0 Å². The summed E-state index contributed by atoms with van der Waals surface area (Å²) in [5.41, 5.74) is 2.33. The number of nitrogens with zero attached hydrogens (tertiary/aromatic N) is 2. The van der Waals surface area contributed by atoms with Gasteiger partial charge in [-0.15, -0.1) is 0 Å². The van der Waals surface area contributed by atoms with Crippen LogP contribution in [0, 0.1) is 0 Å². The predicted molar refractivity (Wildman–Crippen MR) is 116 cm³/mol. The maximum atomic E-state index is 12.8. The Morgan fingerprint density at radius 2 is 1.76 bits per heavy atom. The fourth-order valence-electron chi connectivity index (χ4n) is 4.12. The topological polar surface area (TPSA) is 42.0 Å². The Morgan fingerprint density at radius 3 is 2.52 bits per heavy atom. The minimum Gasteiger partial charge on any atom is -0.444 e. The first-order chi connectivity index (χ1) is 14.2. The molecule has 0 bridgehead atoms. The molecule has 2 aromatic carbocycles. The number of hydrogen-bond acceptors (Lipinski definition) is 4. The lowest BCUT2D eigenvalue weighted by atomic mass is 10.0. The van der Waals surface area contributed by atoms with Crippen LogP contribution in [0.15, 0.2) is 59.1 Å². The highest BCUT2D eigenvalue weighted by Gasteiger charge is 2.37. The largest absolute Gasteiger partial charge is 0.444 e. The second-order valence-corrected chi connectivity index (χ2v) is 8.48. The fourth-order valence-corrected chi connectivity index (χ4v) is 4.57. The van der Waals surface area contributed by atoms with Crippen LogP contribution < -0.4 is 0 Å². The van der Waals surface area contributed by atoms with Crippen LogP contribution in [-0.4, -0.2) is 61.4 Å². The molecule has 0 radical (unpaired) electrons. The van der Waals surface area contributed by atoms with Gasteiger partial charge in [-0.3, -0.25) is 9.80 Å². The molecule has 1 amide bonds. The molecule has 5 nitrogen and oxygen atoms in total. The minimum absolute atomic E-state index is 0.0239. The zero-order valence-electron chi connectivity index (χ0n) is 16.5. The zero-order chi connectivity index (χ0) is 20.1. The lowest BCUT2D eigenvalue weighted by molar-refractivity contribution is 0.0341. The van der Waals surface area contributed by atoms with Crippen molar-refractivity contribution in [3.05, 3.63) is 70.2 Å². The molecule has 4 rings (SSSR count). The second-order valence-electron chi connectivity index (χ2n) is 7.62. The van der Waals surface area contributed by atoms with Crippen molar-refractivity contribution in [3.63, 3.8) is 0 Å². The quantitative estimate of drug-likeness (QED) is 0.620. The Kier molecular flexibility index (Phi) is 6.85. The lowest BCUT2D eigenvalue weighted by Crippen LogP contribution is -2.39. The number of halogens is 1. The predicted octanol–water partition coefficient (Wildman–Crippen LogP) is 4.28. The van der Waals surface area contributed by atoms with Crippen LogP contribution in [0.5, 0.6) is 0 Å². The molecule has 0 spiro atoms. The summed E-state index contributed by atoms with van der Waals surface area (Å²) in [5.74, 6) is 0. The number of cyclic esters (lactones) is 1. The van der Waals surface area contributed by atoms with E-state index in [2.05, 4.69) is 39.0 Å². The van der Waals surface area contributed by atoms with E-state index in [0.717, 1.165) is 49.3 Å². The summed E-state index contributed by atoms with van der Waals surface area (Å²) >= 11 is 3.60. The summed E-state index contributed by atoms with van der Waals surface area (Å²) in [7, 11) is 0. The molecule has 0 aromatic heterocycles. The van der Waals surface area contributed by atoms with Crippen molar-refractivity contribution in [2.75, 3.05) is 39.4 Å². The van der Waals surface area contributed by atoms with E-state index in [1.54, 1.807) is 0 Å². The number of carbonyl (C=O) groups is 1. The van der Waals surface area contributed by atoms with Gasteiger partial charge in [0.2, 0.25) is 0 Å². The highest BCUT2D eigenvalue weighted by molar-refractivity contribution is 9.10. The fraction of sp³-hybridized carbons (Fsp3) is 0.435. The molecule has 2 heterocycles. The van der Waals surface area contributed by atoms with E-state index in [0.29, 0.717) is 13.0 Å². The third kappa shape index (κ3) is 5.18. The van der Waals surface area contributed by atoms with E-state index in [9.17, 15) is 4.79 Å². The van der Waals surface area contributed by atoms with E-state index in [-0.39, 0.29) is 18.2 Å². The molecule has 29 heavy (non-hydrogen) atoms. The molecule has 6 heteroatoms. The summed E-state index contributed by atoms with van der Waals surface area (Å²) in [6.07, 6.45) is 1.27. The maximum absolute atomic E-state index is 12.8. The van der Waals surface area contributed by atoms with Crippen LogP contribution in [0.2, 0.25) is 0 Å². The molecular formula is C23H27BrN2O3. The van der Waals surface area contributed by atoms with Crippen molar-refractivity contribution in [1.82, 2.24) is 9.80 Å². The van der Waals surface area contributed by atoms with Crippen molar-refractivity contribution in [1.29, 1.82) is 0 Å². The third-order valence-electron chi connectivity index (χ3n) is 5.69. The molecular weight excluding hydrogens is 432 g/mol. The monoisotopic (exact) mass is 458 g/mol. The highest BCUT2D eigenvalue weighted by Crippen LogP contribution is 2.31. The normalized spacial score (nSPS) is 21.2. The molecule has 2 unspecified atom stereocenters. The van der Waals surface area contributed by atoms with Crippen LogP contribution >= 0.6 is 15.9 Å². The Hall–Kier alpha value is -1.89. The zero-order valence-corrected chi connectivity index (χ0v) is 18.1. The summed E-state index contributed by atoms with van der Waals surface area (Å²) in [5, 5.41) is 0. The number of morpholine rings is 1. The van der Waals surface area contributed by atoms with Gasteiger partial charge in [0.15, 0.2) is 0 Å². The Bertz CT molecular complexity index is 811. The molecule has 2 aliphatic heterocycles. The smallest absolute Gasteiger partial charge is 0.410 e. The third-order valence-corrected chi connectivity index (χ3v) is 6.46. The van der Waals surface area contributed by atoms with Crippen LogP contribution in [0.1, 0.15) is 23.6 Å². The van der Waals surface area contributed by atoms with Crippen molar-refractivity contribution in [3.8, 4) is 0 Å².